The molecule has 1 aromatic carbocycles. The minimum atomic E-state index is -0.0933. The van der Waals surface area contributed by atoms with Gasteiger partial charge in [0.25, 0.3) is 5.56 Å². The zero-order chi connectivity index (χ0) is 12.5. The minimum absolute atomic E-state index is 0.0933. The molecule has 0 aliphatic heterocycles. The number of thiazole rings is 1. The van der Waals surface area contributed by atoms with Gasteiger partial charge in [0.15, 0.2) is 0 Å². The summed E-state index contributed by atoms with van der Waals surface area (Å²) in [7, 11) is 0. The van der Waals surface area contributed by atoms with E-state index in [1.54, 1.807) is 15.9 Å². The summed E-state index contributed by atoms with van der Waals surface area (Å²) in [6.45, 7) is 0.449. The number of aromatic nitrogens is 3. The van der Waals surface area contributed by atoms with Crippen molar-refractivity contribution in [2.45, 2.75) is 6.54 Å². The predicted molar refractivity (Wildman–Crippen MR) is 74.9 cm³/mol. The Morgan fingerprint density at radius 1 is 1.33 bits per heavy atom. The predicted octanol–water partition coefficient (Wildman–Crippen LogP) is 2.66. The molecule has 0 saturated carbocycles. The molecule has 0 radical (unpaired) electrons. The summed E-state index contributed by atoms with van der Waals surface area (Å²) in [6.07, 6.45) is 3.02. The van der Waals surface area contributed by atoms with E-state index in [0.29, 0.717) is 11.0 Å². The van der Waals surface area contributed by atoms with Crippen molar-refractivity contribution >= 4 is 37.5 Å². The van der Waals surface area contributed by atoms with Crippen LogP contribution in [0, 0.1) is 0 Å². The molecule has 0 bridgehead atoms. The van der Waals surface area contributed by atoms with E-state index in [4.69, 9.17) is 0 Å². The van der Waals surface area contributed by atoms with Crippen LogP contribution in [0.25, 0.3) is 10.2 Å². The lowest BCUT2D eigenvalue weighted by molar-refractivity contribution is 0.728. The van der Waals surface area contributed by atoms with E-state index >= 15 is 0 Å². The Balaban J connectivity index is 2.01. The lowest BCUT2D eigenvalue weighted by Gasteiger charge is -2.01. The van der Waals surface area contributed by atoms with Crippen LogP contribution in [0.4, 0.5) is 0 Å². The van der Waals surface area contributed by atoms with Crippen molar-refractivity contribution in [2.24, 2.45) is 0 Å². The molecule has 0 saturated heterocycles. The standard InChI is InChI=1S/C12H8BrN3OS/c13-8-5-14-7-16(12(8)17)6-11-15-9-3-1-2-4-10(9)18-11/h1-5,7H,6H2. The number of para-hydroxylation sites is 1. The Kier molecular flexibility index (Phi) is 2.97. The van der Waals surface area contributed by atoms with Crippen LogP contribution >= 0.6 is 27.3 Å². The van der Waals surface area contributed by atoms with Crippen molar-refractivity contribution in [1.82, 2.24) is 14.5 Å². The molecule has 90 valence electrons. The van der Waals surface area contributed by atoms with E-state index in [0.717, 1.165) is 15.2 Å². The first-order chi connectivity index (χ1) is 8.74. The molecule has 0 unspecified atom stereocenters. The SMILES string of the molecule is O=c1c(Br)cncn1Cc1nc2ccccc2s1. The fourth-order valence-electron chi connectivity index (χ4n) is 1.67. The van der Waals surface area contributed by atoms with Gasteiger partial charge < -0.3 is 0 Å². The van der Waals surface area contributed by atoms with Gasteiger partial charge in [-0.15, -0.1) is 11.3 Å². The molecule has 0 spiro atoms. The van der Waals surface area contributed by atoms with Crippen LogP contribution in [0.3, 0.4) is 0 Å². The van der Waals surface area contributed by atoms with Crippen molar-refractivity contribution < 1.29 is 0 Å². The third-order valence-corrected chi connectivity index (χ3v) is 4.07. The first kappa shape index (κ1) is 11.6. The van der Waals surface area contributed by atoms with Gasteiger partial charge in [0.05, 0.1) is 23.1 Å². The Labute approximate surface area is 115 Å². The molecule has 0 aliphatic rings. The first-order valence-corrected chi connectivity index (χ1v) is 6.89. The number of rotatable bonds is 2. The van der Waals surface area contributed by atoms with Crippen LogP contribution in [-0.2, 0) is 6.54 Å². The molecule has 6 heteroatoms. The van der Waals surface area contributed by atoms with Crippen molar-refractivity contribution in [3.63, 3.8) is 0 Å². The summed E-state index contributed by atoms with van der Waals surface area (Å²) in [5.74, 6) is 0. The third-order valence-electron chi connectivity index (χ3n) is 2.50. The van der Waals surface area contributed by atoms with Crippen molar-refractivity contribution in [1.29, 1.82) is 0 Å². The van der Waals surface area contributed by atoms with E-state index in [1.165, 1.54) is 12.5 Å². The fraction of sp³-hybridized carbons (Fsp3) is 0.0833. The van der Waals surface area contributed by atoms with E-state index < -0.39 is 0 Å². The van der Waals surface area contributed by atoms with Crippen LogP contribution in [0.15, 0.2) is 46.1 Å². The highest BCUT2D eigenvalue weighted by molar-refractivity contribution is 9.10. The molecular weight excluding hydrogens is 314 g/mol. The van der Waals surface area contributed by atoms with E-state index in [9.17, 15) is 4.79 Å². The molecule has 2 aromatic heterocycles. The average Bonchev–Trinajstić information content (AvgIpc) is 2.77. The average molecular weight is 322 g/mol. The Morgan fingerprint density at radius 2 is 2.17 bits per heavy atom. The number of hydrogen-bond donors (Lipinski definition) is 0. The normalized spacial score (nSPS) is 10.9. The maximum atomic E-state index is 11.8. The summed E-state index contributed by atoms with van der Waals surface area (Å²) in [6, 6.07) is 7.94. The van der Waals surface area contributed by atoms with E-state index in [2.05, 4.69) is 25.9 Å². The smallest absolute Gasteiger partial charge is 0.267 e. The topological polar surface area (TPSA) is 47.8 Å². The maximum Gasteiger partial charge on any atom is 0.267 e. The molecule has 3 rings (SSSR count). The van der Waals surface area contributed by atoms with Gasteiger partial charge in [0.2, 0.25) is 0 Å². The fourth-order valence-corrected chi connectivity index (χ4v) is 2.98. The Morgan fingerprint density at radius 3 is 3.00 bits per heavy atom. The van der Waals surface area contributed by atoms with Gasteiger partial charge in [0, 0.05) is 6.20 Å². The maximum absolute atomic E-state index is 11.8. The van der Waals surface area contributed by atoms with E-state index in [1.807, 2.05) is 24.3 Å². The van der Waals surface area contributed by atoms with Crippen molar-refractivity contribution in [3.05, 3.63) is 56.6 Å². The molecule has 18 heavy (non-hydrogen) atoms. The molecule has 0 aliphatic carbocycles. The minimum Gasteiger partial charge on any atom is -0.291 e. The number of halogens is 1. The Bertz CT molecular complexity index is 732. The highest BCUT2D eigenvalue weighted by Gasteiger charge is 2.06. The highest BCUT2D eigenvalue weighted by Crippen LogP contribution is 2.21. The second-order valence-corrected chi connectivity index (χ2v) is 5.72. The number of benzene rings is 1. The van der Waals surface area contributed by atoms with Gasteiger partial charge in [-0.25, -0.2) is 9.97 Å². The summed E-state index contributed by atoms with van der Waals surface area (Å²) in [4.78, 5) is 20.3. The van der Waals surface area contributed by atoms with Crippen LogP contribution in [0.5, 0.6) is 0 Å². The second kappa shape index (κ2) is 4.62. The monoisotopic (exact) mass is 321 g/mol. The molecule has 0 fully saturated rings. The quantitative estimate of drug-likeness (QED) is 0.729. The lowest BCUT2D eigenvalue weighted by atomic mass is 10.3. The van der Waals surface area contributed by atoms with Gasteiger partial charge in [-0.2, -0.15) is 0 Å². The summed E-state index contributed by atoms with van der Waals surface area (Å²) in [5, 5.41) is 0.901. The molecule has 3 aromatic rings. The highest BCUT2D eigenvalue weighted by atomic mass is 79.9. The first-order valence-electron chi connectivity index (χ1n) is 5.28. The van der Waals surface area contributed by atoms with Crippen LogP contribution < -0.4 is 5.56 Å². The molecular formula is C12H8BrN3OS. The number of hydrogen-bond acceptors (Lipinski definition) is 4. The summed E-state index contributed by atoms with van der Waals surface area (Å²) < 4.78 is 3.14. The molecule has 0 N–H and O–H groups in total. The van der Waals surface area contributed by atoms with Crippen molar-refractivity contribution in [3.8, 4) is 0 Å². The molecule has 2 heterocycles. The summed E-state index contributed by atoms with van der Waals surface area (Å²) >= 11 is 4.77. The number of fused-ring (bicyclic) bond motifs is 1. The van der Waals surface area contributed by atoms with E-state index in [-0.39, 0.29) is 5.56 Å². The zero-order valence-corrected chi connectivity index (χ0v) is 11.6. The van der Waals surface area contributed by atoms with Crippen molar-refractivity contribution in [2.75, 3.05) is 0 Å². The molecule has 0 atom stereocenters. The lowest BCUT2D eigenvalue weighted by Crippen LogP contribution is -2.21. The molecule has 0 amide bonds. The van der Waals surface area contributed by atoms with Gasteiger partial charge in [0.1, 0.15) is 9.48 Å². The third kappa shape index (κ3) is 2.09. The van der Waals surface area contributed by atoms with Gasteiger partial charge in [-0.1, -0.05) is 12.1 Å². The molecule has 4 nitrogen and oxygen atoms in total. The summed E-state index contributed by atoms with van der Waals surface area (Å²) in [5.41, 5.74) is 0.873. The van der Waals surface area contributed by atoms with Gasteiger partial charge in [-0.3, -0.25) is 9.36 Å². The second-order valence-electron chi connectivity index (χ2n) is 3.75. The Hall–Kier alpha value is -1.53. The van der Waals surface area contributed by atoms with Gasteiger partial charge in [-0.05, 0) is 28.1 Å². The van der Waals surface area contributed by atoms with Crippen LogP contribution in [0.1, 0.15) is 5.01 Å². The number of nitrogens with zero attached hydrogens (tertiary/aromatic N) is 3. The van der Waals surface area contributed by atoms with Crippen LogP contribution in [0.2, 0.25) is 0 Å². The van der Waals surface area contributed by atoms with Gasteiger partial charge >= 0.3 is 0 Å². The van der Waals surface area contributed by atoms with Crippen LogP contribution in [-0.4, -0.2) is 14.5 Å². The zero-order valence-electron chi connectivity index (χ0n) is 9.21. The largest absolute Gasteiger partial charge is 0.291 e.